The quantitative estimate of drug-likeness (QED) is 0.675. The molecule has 2 N–H and O–H groups in total. The first-order chi connectivity index (χ1) is 12.6. The Hall–Kier alpha value is -2.30. The molecule has 1 aromatic carbocycles. The summed E-state index contributed by atoms with van der Waals surface area (Å²) in [7, 11) is 0. The Bertz CT molecular complexity index is 709. The minimum absolute atomic E-state index is 0.115. The first-order valence-corrected chi connectivity index (χ1v) is 9.75. The van der Waals surface area contributed by atoms with Crippen LogP contribution in [0.1, 0.15) is 58.1 Å². The van der Waals surface area contributed by atoms with Gasteiger partial charge in [-0.15, -0.1) is 0 Å². The summed E-state index contributed by atoms with van der Waals surface area (Å²) in [6, 6.07) is 10.4. The van der Waals surface area contributed by atoms with Crippen molar-refractivity contribution < 1.29 is 4.74 Å². The highest BCUT2D eigenvalue weighted by Gasteiger charge is 2.14. The standard InChI is InChI=1S/C21H30N4O/c1-15(2)26-19-13-9-8-12-18(19)24-21-22-16(3)14-20(25-21)23-17-10-6-4-5-7-11-17/h8-9,12-15,17H,4-7,10-11H2,1-3H3,(H2,22,23,24,25). The number of aromatic nitrogens is 2. The SMILES string of the molecule is Cc1cc(NC2CCCCCC2)nc(Nc2ccccc2OC(C)C)n1. The Labute approximate surface area is 156 Å². The molecule has 1 heterocycles. The van der Waals surface area contributed by atoms with Gasteiger partial charge in [0.05, 0.1) is 11.8 Å². The summed E-state index contributed by atoms with van der Waals surface area (Å²) in [5.74, 6) is 2.31. The second kappa shape index (κ2) is 8.88. The van der Waals surface area contributed by atoms with E-state index in [0.29, 0.717) is 12.0 Å². The molecule has 140 valence electrons. The molecule has 0 saturated heterocycles. The molecule has 5 heteroatoms. The van der Waals surface area contributed by atoms with Crippen molar-refractivity contribution in [1.82, 2.24) is 9.97 Å². The van der Waals surface area contributed by atoms with Gasteiger partial charge in [-0.05, 0) is 45.7 Å². The van der Waals surface area contributed by atoms with Gasteiger partial charge in [0.25, 0.3) is 0 Å². The number of hydrogen-bond donors (Lipinski definition) is 2. The summed E-state index contributed by atoms with van der Waals surface area (Å²) in [5.41, 5.74) is 1.83. The third-order valence-corrected chi connectivity index (χ3v) is 4.56. The molecule has 0 atom stereocenters. The topological polar surface area (TPSA) is 59.1 Å². The number of ether oxygens (including phenoxy) is 1. The summed E-state index contributed by atoms with van der Waals surface area (Å²) in [4.78, 5) is 9.23. The monoisotopic (exact) mass is 354 g/mol. The van der Waals surface area contributed by atoms with E-state index < -0.39 is 0 Å². The number of benzene rings is 1. The first-order valence-electron chi connectivity index (χ1n) is 9.75. The zero-order valence-corrected chi connectivity index (χ0v) is 16.1. The fourth-order valence-corrected chi connectivity index (χ4v) is 3.38. The first kappa shape index (κ1) is 18.5. The summed E-state index contributed by atoms with van der Waals surface area (Å²) >= 11 is 0. The maximum absolute atomic E-state index is 5.88. The van der Waals surface area contributed by atoms with Gasteiger partial charge in [0.2, 0.25) is 5.95 Å². The van der Waals surface area contributed by atoms with Gasteiger partial charge in [0, 0.05) is 17.8 Å². The Morgan fingerprint density at radius 1 is 1.04 bits per heavy atom. The zero-order chi connectivity index (χ0) is 18.4. The average molecular weight is 354 g/mol. The molecule has 0 amide bonds. The third kappa shape index (κ3) is 5.35. The summed E-state index contributed by atoms with van der Waals surface area (Å²) in [6.07, 6.45) is 7.84. The average Bonchev–Trinajstić information content (AvgIpc) is 2.84. The molecule has 1 fully saturated rings. The van der Waals surface area contributed by atoms with Crippen molar-refractivity contribution in [2.45, 2.75) is 71.4 Å². The van der Waals surface area contributed by atoms with Crippen LogP contribution in [0.4, 0.5) is 17.5 Å². The van der Waals surface area contributed by atoms with E-state index in [1.54, 1.807) is 0 Å². The van der Waals surface area contributed by atoms with Gasteiger partial charge in [-0.1, -0.05) is 37.8 Å². The predicted octanol–water partition coefficient (Wildman–Crippen LogP) is 5.45. The van der Waals surface area contributed by atoms with E-state index in [4.69, 9.17) is 4.74 Å². The summed E-state index contributed by atoms with van der Waals surface area (Å²) in [6.45, 7) is 6.05. The second-order valence-corrected chi connectivity index (χ2v) is 7.34. The molecule has 0 bridgehead atoms. The maximum Gasteiger partial charge on any atom is 0.229 e. The van der Waals surface area contributed by atoms with Gasteiger partial charge in [0.15, 0.2) is 0 Å². The van der Waals surface area contributed by atoms with Crippen molar-refractivity contribution in [3.05, 3.63) is 36.0 Å². The van der Waals surface area contributed by atoms with Crippen LogP contribution in [0.25, 0.3) is 0 Å². The van der Waals surface area contributed by atoms with Crippen LogP contribution in [-0.4, -0.2) is 22.1 Å². The molecule has 0 aliphatic heterocycles. The number of nitrogens with zero attached hydrogens (tertiary/aromatic N) is 2. The van der Waals surface area contributed by atoms with Crippen LogP contribution in [0.15, 0.2) is 30.3 Å². The minimum Gasteiger partial charge on any atom is -0.489 e. The van der Waals surface area contributed by atoms with E-state index in [1.807, 2.05) is 51.1 Å². The molecule has 0 unspecified atom stereocenters. The Balaban J connectivity index is 1.75. The van der Waals surface area contributed by atoms with Crippen molar-refractivity contribution in [3.8, 4) is 5.75 Å². The molecule has 3 rings (SSSR count). The van der Waals surface area contributed by atoms with Crippen LogP contribution in [0.3, 0.4) is 0 Å². The van der Waals surface area contributed by atoms with Gasteiger partial charge < -0.3 is 15.4 Å². The van der Waals surface area contributed by atoms with Gasteiger partial charge in [-0.25, -0.2) is 4.98 Å². The van der Waals surface area contributed by atoms with E-state index in [-0.39, 0.29) is 6.10 Å². The smallest absolute Gasteiger partial charge is 0.229 e. The molecule has 1 saturated carbocycles. The van der Waals surface area contributed by atoms with Crippen molar-refractivity contribution in [2.75, 3.05) is 10.6 Å². The second-order valence-electron chi connectivity index (χ2n) is 7.34. The van der Waals surface area contributed by atoms with Crippen molar-refractivity contribution in [1.29, 1.82) is 0 Å². The van der Waals surface area contributed by atoms with Crippen LogP contribution in [0.5, 0.6) is 5.75 Å². The normalized spacial score (nSPS) is 15.5. The fraction of sp³-hybridized carbons (Fsp3) is 0.524. The molecule has 2 aromatic rings. The lowest BCUT2D eigenvalue weighted by atomic mass is 10.1. The molecule has 26 heavy (non-hydrogen) atoms. The lowest BCUT2D eigenvalue weighted by molar-refractivity contribution is 0.244. The van der Waals surface area contributed by atoms with Crippen molar-refractivity contribution in [3.63, 3.8) is 0 Å². The number of rotatable bonds is 6. The van der Waals surface area contributed by atoms with Crippen LogP contribution in [0.2, 0.25) is 0 Å². The minimum atomic E-state index is 0.115. The van der Waals surface area contributed by atoms with Gasteiger partial charge in [-0.2, -0.15) is 4.98 Å². The molecule has 1 aliphatic rings. The van der Waals surface area contributed by atoms with E-state index in [1.165, 1.54) is 38.5 Å². The number of nitrogens with one attached hydrogen (secondary N) is 2. The largest absolute Gasteiger partial charge is 0.489 e. The van der Waals surface area contributed by atoms with Gasteiger partial charge in [-0.3, -0.25) is 0 Å². The van der Waals surface area contributed by atoms with E-state index >= 15 is 0 Å². The summed E-state index contributed by atoms with van der Waals surface area (Å²) < 4.78 is 5.88. The third-order valence-electron chi connectivity index (χ3n) is 4.56. The van der Waals surface area contributed by atoms with Crippen LogP contribution >= 0.6 is 0 Å². The molecule has 1 aromatic heterocycles. The zero-order valence-electron chi connectivity index (χ0n) is 16.1. The Kier molecular flexibility index (Phi) is 6.31. The Morgan fingerprint density at radius 3 is 2.50 bits per heavy atom. The predicted molar refractivity (Wildman–Crippen MR) is 107 cm³/mol. The highest BCUT2D eigenvalue weighted by Crippen LogP contribution is 2.28. The molecule has 1 aliphatic carbocycles. The number of para-hydroxylation sites is 2. The summed E-state index contributed by atoms with van der Waals surface area (Å²) in [5, 5.41) is 6.93. The number of hydrogen-bond acceptors (Lipinski definition) is 5. The lowest BCUT2D eigenvalue weighted by Gasteiger charge is -2.18. The van der Waals surface area contributed by atoms with Crippen molar-refractivity contribution in [2.24, 2.45) is 0 Å². The number of anilines is 3. The fourth-order valence-electron chi connectivity index (χ4n) is 3.38. The molecule has 0 radical (unpaired) electrons. The van der Waals surface area contributed by atoms with Crippen molar-refractivity contribution >= 4 is 17.5 Å². The highest BCUT2D eigenvalue weighted by molar-refractivity contribution is 5.63. The van der Waals surface area contributed by atoms with Gasteiger partial charge >= 0.3 is 0 Å². The molecular weight excluding hydrogens is 324 g/mol. The van der Waals surface area contributed by atoms with Crippen LogP contribution in [0, 0.1) is 6.92 Å². The maximum atomic E-state index is 5.88. The Morgan fingerprint density at radius 2 is 1.77 bits per heavy atom. The van der Waals surface area contributed by atoms with E-state index in [9.17, 15) is 0 Å². The molecule has 5 nitrogen and oxygen atoms in total. The number of aryl methyl sites for hydroxylation is 1. The highest BCUT2D eigenvalue weighted by atomic mass is 16.5. The van der Waals surface area contributed by atoms with E-state index in [2.05, 4.69) is 20.6 Å². The van der Waals surface area contributed by atoms with Gasteiger partial charge in [0.1, 0.15) is 11.6 Å². The van der Waals surface area contributed by atoms with E-state index in [0.717, 1.165) is 22.9 Å². The van der Waals surface area contributed by atoms with Crippen LogP contribution in [-0.2, 0) is 0 Å². The molecular formula is C21H30N4O. The van der Waals surface area contributed by atoms with Crippen LogP contribution < -0.4 is 15.4 Å². The molecule has 0 spiro atoms. The lowest BCUT2D eigenvalue weighted by Crippen LogP contribution is -2.19.